The number of thiocarbonyl (C=S) groups is 1. The van der Waals surface area contributed by atoms with Gasteiger partial charge in [-0.2, -0.15) is 0 Å². The van der Waals surface area contributed by atoms with Gasteiger partial charge >= 0.3 is 5.97 Å². The molecule has 1 heterocycles. The van der Waals surface area contributed by atoms with E-state index in [4.69, 9.17) is 17.3 Å². The maximum absolute atomic E-state index is 10.3. The average Bonchev–Trinajstić information content (AvgIpc) is 2.16. The first-order valence-electron chi connectivity index (χ1n) is 4.58. The molecule has 0 saturated carbocycles. The Labute approximate surface area is 93.0 Å². The van der Waals surface area contributed by atoms with E-state index in [1.807, 2.05) is 0 Å². The lowest BCUT2D eigenvalue weighted by atomic mass is 10.2. The topological polar surface area (TPSA) is 52.6 Å². The molecule has 1 saturated heterocycles. The van der Waals surface area contributed by atoms with Crippen molar-refractivity contribution in [1.29, 1.82) is 0 Å². The predicted molar refractivity (Wildman–Crippen MR) is 61.3 cm³/mol. The molecule has 0 bridgehead atoms. The van der Waals surface area contributed by atoms with Crippen molar-refractivity contribution >= 4 is 34.3 Å². The monoisotopic (exact) mass is 234 g/mol. The molecular formula is C8H14N2O2S2. The van der Waals surface area contributed by atoms with Crippen LogP contribution in [0.1, 0.15) is 19.3 Å². The van der Waals surface area contributed by atoms with Crippen LogP contribution in [0.5, 0.6) is 0 Å². The number of hydrogen-bond acceptors (Lipinski definition) is 4. The molecule has 2 N–H and O–H groups in total. The Morgan fingerprint density at radius 2 is 2.07 bits per heavy atom. The Hall–Kier alpha value is -0.330. The first kappa shape index (κ1) is 11.7. The SMILES string of the molecule is O=C(O)CSC(=S)NN1CCCCC1. The summed E-state index contributed by atoms with van der Waals surface area (Å²) in [5.41, 5.74) is 3.04. The summed E-state index contributed by atoms with van der Waals surface area (Å²) in [4.78, 5) is 10.3. The number of thioether (sulfide) groups is 1. The van der Waals surface area contributed by atoms with E-state index in [1.54, 1.807) is 0 Å². The fourth-order valence-corrected chi connectivity index (χ4v) is 2.05. The van der Waals surface area contributed by atoms with Crippen molar-refractivity contribution in [1.82, 2.24) is 10.4 Å². The number of carbonyl (C=O) groups is 1. The Morgan fingerprint density at radius 3 is 2.64 bits per heavy atom. The summed E-state index contributed by atoms with van der Waals surface area (Å²) < 4.78 is 0.550. The molecule has 0 spiro atoms. The van der Waals surface area contributed by atoms with Gasteiger partial charge in [0, 0.05) is 13.1 Å². The minimum absolute atomic E-state index is 0.0275. The molecule has 0 aromatic rings. The molecule has 1 aliphatic rings. The van der Waals surface area contributed by atoms with Crippen molar-refractivity contribution in [2.45, 2.75) is 19.3 Å². The van der Waals surface area contributed by atoms with Gasteiger partial charge in [0.05, 0.1) is 5.75 Å². The van der Waals surface area contributed by atoms with Gasteiger partial charge in [-0.05, 0) is 12.8 Å². The van der Waals surface area contributed by atoms with E-state index in [2.05, 4.69) is 10.4 Å². The van der Waals surface area contributed by atoms with Crippen LogP contribution in [0.3, 0.4) is 0 Å². The van der Waals surface area contributed by atoms with Crippen LogP contribution in [0, 0.1) is 0 Å². The third kappa shape index (κ3) is 4.78. The number of nitrogens with one attached hydrogen (secondary N) is 1. The van der Waals surface area contributed by atoms with Gasteiger partial charge < -0.3 is 10.5 Å². The molecule has 0 radical (unpaired) electrons. The highest BCUT2D eigenvalue weighted by molar-refractivity contribution is 8.23. The molecule has 0 aromatic heterocycles. The second kappa shape index (κ2) is 6.21. The highest BCUT2D eigenvalue weighted by Gasteiger charge is 2.11. The van der Waals surface area contributed by atoms with Gasteiger partial charge in [0.2, 0.25) is 0 Å². The third-order valence-electron chi connectivity index (χ3n) is 1.93. The minimum atomic E-state index is -0.835. The Bertz CT molecular complexity index is 217. The molecular weight excluding hydrogens is 220 g/mol. The number of rotatable bonds is 3. The van der Waals surface area contributed by atoms with Crippen molar-refractivity contribution in [3.63, 3.8) is 0 Å². The lowest BCUT2D eigenvalue weighted by Gasteiger charge is -2.27. The maximum atomic E-state index is 10.3. The van der Waals surface area contributed by atoms with E-state index < -0.39 is 5.97 Å². The molecule has 6 heteroatoms. The molecule has 1 rings (SSSR count). The van der Waals surface area contributed by atoms with Crippen LogP contribution in [0.15, 0.2) is 0 Å². The van der Waals surface area contributed by atoms with E-state index >= 15 is 0 Å². The summed E-state index contributed by atoms with van der Waals surface area (Å²) >= 11 is 6.16. The standard InChI is InChI=1S/C8H14N2O2S2/c11-7(12)6-14-8(13)9-10-4-2-1-3-5-10/h1-6H2,(H,9,13)(H,11,12). The van der Waals surface area contributed by atoms with Crippen molar-refractivity contribution in [2.75, 3.05) is 18.8 Å². The lowest BCUT2D eigenvalue weighted by Crippen LogP contribution is -2.43. The van der Waals surface area contributed by atoms with Gasteiger partial charge in [-0.15, -0.1) is 0 Å². The molecule has 4 nitrogen and oxygen atoms in total. The van der Waals surface area contributed by atoms with E-state index in [9.17, 15) is 4.79 Å². The highest BCUT2D eigenvalue weighted by atomic mass is 32.2. The number of piperidine rings is 1. The molecule has 80 valence electrons. The molecule has 1 aliphatic heterocycles. The predicted octanol–water partition coefficient (Wildman–Crippen LogP) is 1.08. The number of carboxylic acid groups (broad SMARTS) is 1. The summed E-state index contributed by atoms with van der Waals surface area (Å²) in [5.74, 6) is -0.808. The van der Waals surface area contributed by atoms with Crippen LogP contribution in [-0.4, -0.2) is 39.2 Å². The number of hydrazine groups is 1. The Kier molecular flexibility index (Phi) is 5.21. The first-order valence-corrected chi connectivity index (χ1v) is 5.98. The molecule has 0 aromatic carbocycles. The normalized spacial score (nSPS) is 17.7. The van der Waals surface area contributed by atoms with Gasteiger partial charge in [0.1, 0.15) is 4.32 Å². The molecule has 0 amide bonds. The van der Waals surface area contributed by atoms with Crippen molar-refractivity contribution < 1.29 is 9.90 Å². The summed E-state index contributed by atoms with van der Waals surface area (Å²) in [6.45, 7) is 1.99. The average molecular weight is 234 g/mol. The van der Waals surface area contributed by atoms with E-state index in [1.165, 1.54) is 19.3 Å². The summed E-state index contributed by atoms with van der Waals surface area (Å²) in [5, 5.41) is 10.5. The first-order chi connectivity index (χ1) is 6.68. The summed E-state index contributed by atoms with van der Waals surface area (Å²) in [6, 6.07) is 0. The smallest absolute Gasteiger partial charge is 0.313 e. The largest absolute Gasteiger partial charge is 0.481 e. The Balaban J connectivity index is 2.15. The van der Waals surface area contributed by atoms with Crippen LogP contribution in [0.4, 0.5) is 0 Å². The molecule has 0 unspecified atom stereocenters. The van der Waals surface area contributed by atoms with E-state index in [0.29, 0.717) is 4.32 Å². The quantitative estimate of drug-likeness (QED) is 0.713. The van der Waals surface area contributed by atoms with Gasteiger partial charge in [0.25, 0.3) is 0 Å². The number of aliphatic carboxylic acids is 1. The van der Waals surface area contributed by atoms with Crippen molar-refractivity contribution in [3.8, 4) is 0 Å². The summed E-state index contributed by atoms with van der Waals surface area (Å²) in [7, 11) is 0. The summed E-state index contributed by atoms with van der Waals surface area (Å²) in [6.07, 6.45) is 3.63. The van der Waals surface area contributed by atoms with Crippen LogP contribution >= 0.6 is 24.0 Å². The van der Waals surface area contributed by atoms with Crippen LogP contribution in [-0.2, 0) is 4.79 Å². The second-order valence-electron chi connectivity index (χ2n) is 3.13. The van der Waals surface area contributed by atoms with Gasteiger partial charge in [-0.25, -0.2) is 5.01 Å². The van der Waals surface area contributed by atoms with Crippen LogP contribution in [0.2, 0.25) is 0 Å². The maximum Gasteiger partial charge on any atom is 0.313 e. The third-order valence-corrected chi connectivity index (χ3v) is 3.12. The van der Waals surface area contributed by atoms with Gasteiger partial charge in [-0.1, -0.05) is 30.4 Å². The zero-order valence-electron chi connectivity index (χ0n) is 7.86. The Morgan fingerprint density at radius 1 is 1.43 bits per heavy atom. The van der Waals surface area contributed by atoms with E-state index in [-0.39, 0.29) is 5.75 Å². The number of carboxylic acids is 1. The lowest BCUT2D eigenvalue weighted by molar-refractivity contribution is -0.133. The van der Waals surface area contributed by atoms with Crippen molar-refractivity contribution in [3.05, 3.63) is 0 Å². The van der Waals surface area contributed by atoms with E-state index in [0.717, 1.165) is 24.9 Å². The zero-order valence-corrected chi connectivity index (χ0v) is 9.49. The van der Waals surface area contributed by atoms with Gasteiger partial charge in [-0.3, -0.25) is 4.79 Å². The fraction of sp³-hybridized carbons (Fsp3) is 0.750. The van der Waals surface area contributed by atoms with Crippen LogP contribution < -0.4 is 5.43 Å². The fourth-order valence-electron chi connectivity index (χ4n) is 1.29. The highest BCUT2D eigenvalue weighted by Crippen LogP contribution is 2.08. The molecule has 0 atom stereocenters. The second-order valence-corrected chi connectivity index (χ2v) is 4.78. The number of hydrogen-bond donors (Lipinski definition) is 2. The van der Waals surface area contributed by atoms with Crippen LogP contribution in [0.25, 0.3) is 0 Å². The molecule has 0 aliphatic carbocycles. The minimum Gasteiger partial charge on any atom is -0.481 e. The molecule has 14 heavy (non-hydrogen) atoms. The van der Waals surface area contributed by atoms with Gasteiger partial charge in [0.15, 0.2) is 0 Å². The molecule has 1 fully saturated rings. The number of nitrogens with zero attached hydrogens (tertiary/aromatic N) is 1. The van der Waals surface area contributed by atoms with Crippen molar-refractivity contribution in [2.24, 2.45) is 0 Å². The zero-order chi connectivity index (χ0) is 10.4.